The fourth-order valence-electron chi connectivity index (χ4n) is 3.54. The maximum absolute atomic E-state index is 9.94. The van der Waals surface area contributed by atoms with Crippen LogP contribution in [0.15, 0.2) is 48.2 Å². The Balaban J connectivity index is 1.89. The van der Waals surface area contributed by atoms with Gasteiger partial charge in [-0.1, -0.05) is 23.8 Å². The van der Waals surface area contributed by atoms with E-state index in [1.54, 1.807) is 12.3 Å². The van der Waals surface area contributed by atoms with Crippen molar-refractivity contribution in [1.29, 1.82) is 5.26 Å². The minimum absolute atomic E-state index is 0.482. The maximum atomic E-state index is 9.94. The molecule has 0 amide bonds. The van der Waals surface area contributed by atoms with Crippen LogP contribution in [0.1, 0.15) is 38.2 Å². The summed E-state index contributed by atoms with van der Waals surface area (Å²) in [5, 5.41) is 20.8. The number of para-hydroxylation sites is 1. The zero-order valence-electron chi connectivity index (χ0n) is 13.9. The van der Waals surface area contributed by atoms with Crippen LogP contribution in [0.25, 0.3) is 10.9 Å². The van der Waals surface area contributed by atoms with Gasteiger partial charge in [-0.15, -0.1) is 0 Å². The molecule has 0 aliphatic heterocycles. The highest BCUT2D eigenvalue weighted by molar-refractivity contribution is 5.83. The molecule has 0 spiro atoms. The van der Waals surface area contributed by atoms with Crippen LogP contribution >= 0.6 is 0 Å². The van der Waals surface area contributed by atoms with Gasteiger partial charge in [0.25, 0.3) is 0 Å². The molecule has 4 heteroatoms. The van der Waals surface area contributed by atoms with Gasteiger partial charge in [0.05, 0.1) is 17.0 Å². The van der Waals surface area contributed by atoms with Crippen molar-refractivity contribution in [3.8, 4) is 6.07 Å². The average Bonchev–Trinajstić information content (AvgIpc) is 2.62. The molecule has 0 radical (unpaired) electrons. The maximum Gasteiger partial charge on any atom is 0.174 e. The van der Waals surface area contributed by atoms with E-state index in [2.05, 4.69) is 11.1 Å². The lowest BCUT2D eigenvalue weighted by atomic mass is 9.68. The summed E-state index contributed by atoms with van der Waals surface area (Å²) in [5.74, 6) is 0. The standard InChI is InChI=1S/C20H22N2O2/c1-2-24-19(23)13-15-7-10-20(14-21,11-8-15)17-9-12-22-18-6-4-3-5-16(17)18/h3-6,9,12-13,19,23H,2,7-8,10-11H2,1H3. The molecule has 1 aromatic carbocycles. The molecule has 1 fully saturated rings. The summed E-state index contributed by atoms with van der Waals surface area (Å²) in [4.78, 5) is 4.41. The van der Waals surface area contributed by atoms with E-state index in [0.717, 1.165) is 42.1 Å². The zero-order valence-corrected chi connectivity index (χ0v) is 13.9. The molecule has 1 heterocycles. The number of hydrogen-bond acceptors (Lipinski definition) is 4. The molecule has 1 aromatic heterocycles. The molecule has 124 valence electrons. The number of aromatic nitrogens is 1. The Hall–Kier alpha value is -2.22. The molecule has 3 rings (SSSR count). The molecule has 1 aliphatic carbocycles. The van der Waals surface area contributed by atoms with Gasteiger partial charge in [0.15, 0.2) is 6.29 Å². The third-order valence-corrected chi connectivity index (χ3v) is 4.84. The molecular formula is C20H22N2O2. The molecule has 2 aromatic rings. The zero-order chi connectivity index (χ0) is 17.0. The summed E-state index contributed by atoms with van der Waals surface area (Å²) < 4.78 is 5.17. The van der Waals surface area contributed by atoms with Crippen molar-refractivity contribution in [2.75, 3.05) is 6.61 Å². The van der Waals surface area contributed by atoms with Crippen LogP contribution in [0.5, 0.6) is 0 Å². The largest absolute Gasteiger partial charge is 0.365 e. The second kappa shape index (κ2) is 7.12. The highest BCUT2D eigenvalue weighted by atomic mass is 16.6. The SMILES string of the molecule is CCOC(O)C=C1CCC(C#N)(c2ccnc3ccccc23)CC1. The monoisotopic (exact) mass is 322 g/mol. The normalized spacial score (nSPS) is 22.1. The van der Waals surface area contributed by atoms with Crippen molar-refractivity contribution in [2.45, 2.75) is 44.3 Å². The quantitative estimate of drug-likeness (QED) is 0.686. The highest BCUT2D eigenvalue weighted by Gasteiger charge is 2.36. The Morgan fingerprint density at radius 1 is 1.33 bits per heavy atom. The predicted molar refractivity (Wildman–Crippen MR) is 93.2 cm³/mol. The smallest absolute Gasteiger partial charge is 0.174 e. The van der Waals surface area contributed by atoms with E-state index in [1.165, 1.54) is 5.57 Å². The summed E-state index contributed by atoms with van der Waals surface area (Å²) in [6.07, 6.45) is 5.84. The Morgan fingerprint density at radius 3 is 2.79 bits per heavy atom. The van der Waals surface area contributed by atoms with Crippen molar-refractivity contribution < 1.29 is 9.84 Å². The molecule has 1 atom stereocenters. The molecule has 4 nitrogen and oxygen atoms in total. The van der Waals surface area contributed by atoms with Gasteiger partial charge in [-0.25, -0.2) is 0 Å². The van der Waals surface area contributed by atoms with E-state index in [9.17, 15) is 10.4 Å². The van der Waals surface area contributed by atoms with Gasteiger partial charge >= 0.3 is 0 Å². The van der Waals surface area contributed by atoms with E-state index in [4.69, 9.17) is 4.74 Å². The van der Waals surface area contributed by atoms with Gasteiger partial charge in [0.1, 0.15) is 0 Å². The molecule has 24 heavy (non-hydrogen) atoms. The van der Waals surface area contributed by atoms with Gasteiger partial charge in [-0.2, -0.15) is 5.26 Å². The predicted octanol–water partition coefficient (Wildman–Crippen LogP) is 3.85. The summed E-state index contributed by atoms with van der Waals surface area (Å²) in [6.45, 7) is 2.34. The van der Waals surface area contributed by atoms with E-state index < -0.39 is 11.7 Å². The first-order valence-corrected chi connectivity index (χ1v) is 8.43. The number of aliphatic hydroxyl groups is 1. The van der Waals surface area contributed by atoms with E-state index in [1.807, 2.05) is 37.3 Å². The molecule has 1 saturated carbocycles. The molecule has 0 saturated heterocycles. The van der Waals surface area contributed by atoms with Crippen LogP contribution in [0.2, 0.25) is 0 Å². The number of rotatable bonds is 4. The Morgan fingerprint density at radius 2 is 2.08 bits per heavy atom. The third-order valence-electron chi connectivity index (χ3n) is 4.84. The summed E-state index contributed by atoms with van der Waals surface area (Å²) >= 11 is 0. The highest BCUT2D eigenvalue weighted by Crippen LogP contribution is 2.43. The van der Waals surface area contributed by atoms with E-state index >= 15 is 0 Å². The number of nitrogens with zero attached hydrogens (tertiary/aromatic N) is 2. The van der Waals surface area contributed by atoms with Gasteiger partial charge in [0, 0.05) is 18.2 Å². The Bertz CT molecular complexity index is 776. The lowest BCUT2D eigenvalue weighted by Gasteiger charge is -2.33. The minimum Gasteiger partial charge on any atom is -0.365 e. The van der Waals surface area contributed by atoms with Gasteiger partial charge in [-0.05, 0) is 56.4 Å². The van der Waals surface area contributed by atoms with Crippen molar-refractivity contribution >= 4 is 10.9 Å². The van der Waals surface area contributed by atoms with Crippen LogP contribution in [0, 0.1) is 11.3 Å². The van der Waals surface area contributed by atoms with Crippen molar-refractivity contribution in [2.24, 2.45) is 0 Å². The molecular weight excluding hydrogens is 300 g/mol. The summed E-state index contributed by atoms with van der Waals surface area (Å²) in [6, 6.07) is 12.5. The molecule has 1 unspecified atom stereocenters. The first-order valence-electron chi connectivity index (χ1n) is 8.43. The molecule has 1 N–H and O–H groups in total. The van der Waals surface area contributed by atoms with Gasteiger partial charge < -0.3 is 9.84 Å². The third kappa shape index (κ3) is 3.19. The van der Waals surface area contributed by atoms with Crippen LogP contribution in [-0.4, -0.2) is 23.0 Å². The minimum atomic E-state index is -0.846. The van der Waals surface area contributed by atoms with Crippen LogP contribution < -0.4 is 0 Å². The average molecular weight is 322 g/mol. The van der Waals surface area contributed by atoms with Crippen LogP contribution in [0.3, 0.4) is 0 Å². The van der Waals surface area contributed by atoms with E-state index in [0.29, 0.717) is 6.61 Å². The van der Waals surface area contributed by atoms with Gasteiger partial charge in [0.2, 0.25) is 0 Å². The van der Waals surface area contributed by atoms with Crippen molar-refractivity contribution in [3.63, 3.8) is 0 Å². The number of benzene rings is 1. The number of nitriles is 1. The number of pyridine rings is 1. The number of allylic oxidation sites excluding steroid dienone is 1. The lowest BCUT2D eigenvalue weighted by Crippen LogP contribution is -2.28. The van der Waals surface area contributed by atoms with E-state index in [-0.39, 0.29) is 0 Å². The van der Waals surface area contributed by atoms with Gasteiger partial charge in [-0.3, -0.25) is 4.98 Å². The number of fused-ring (bicyclic) bond motifs is 1. The fraction of sp³-hybridized carbons (Fsp3) is 0.400. The van der Waals surface area contributed by atoms with Crippen LogP contribution in [0.4, 0.5) is 0 Å². The topological polar surface area (TPSA) is 66.1 Å². The van der Waals surface area contributed by atoms with Crippen LogP contribution in [-0.2, 0) is 10.2 Å². The first-order chi connectivity index (χ1) is 11.7. The molecule has 1 aliphatic rings. The number of ether oxygens (including phenoxy) is 1. The fourth-order valence-corrected chi connectivity index (χ4v) is 3.54. The second-order valence-corrected chi connectivity index (χ2v) is 6.24. The Labute approximate surface area is 142 Å². The summed E-state index contributed by atoms with van der Waals surface area (Å²) in [7, 11) is 0. The number of aliphatic hydroxyl groups excluding tert-OH is 1. The number of hydrogen-bond donors (Lipinski definition) is 1. The second-order valence-electron chi connectivity index (χ2n) is 6.24. The Kier molecular flexibility index (Phi) is 4.94. The first kappa shape index (κ1) is 16.6. The lowest BCUT2D eigenvalue weighted by molar-refractivity contribution is -0.0595. The summed E-state index contributed by atoms with van der Waals surface area (Å²) in [5.41, 5.74) is 2.68. The van der Waals surface area contributed by atoms with Crippen molar-refractivity contribution in [3.05, 3.63) is 53.7 Å². The molecule has 0 bridgehead atoms. The van der Waals surface area contributed by atoms with Crippen molar-refractivity contribution in [1.82, 2.24) is 4.98 Å².